The monoisotopic (exact) mass is 451 g/mol. The van der Waals surface area contributed by atoms with Crippen molar-refractivity contribution in [3.8, 4) is 0 Å². The van der Waals surface area contributed by atoms with Crippen molar-refractivity contribution in [1.82, 2.24) is 9.55 Å². The molecule has 1 heterocycles. The molecule has 10 heteroatoms. The molecule has 164 valence electrons. The third kappa shape index (κ3) is 4.75. The van der Waals surface area contributed by atoms with E-state index >= 15 is 0 Å². The number of carbonyl (C=O) groups is 1. The molecule has 1 amide bonds. The van der Waals surface area contributed by atoms with Gasteiger partial charge in [0.15, 0.2) is 22.6 Å². The number of nitrogens with one attached hydrogen (secondary N) is 1. The number of fused-ring (bicyclic) bond motifs is 1. The number of amides is 1. The lowest BCUT2D eigenvalue weighted by atomic mass is 10.2. The molecule has 31 heavy (non-hydrogen) atoms. The fraction of sp³-hybridized carbons (Fsp3) is 0.286. The van der Waals surface area contributed by atoms with Crippen molar-refractivity contribution in [3.63, 3.8) is 0 Å². The number of thioether (sulfide) groups is 1. The fourth-order valence-corrected chi connectivity index (χ4v) is 3.99. The number of nitrogens with zero attached hydrogens (tertiary/aromatic N) is 2. The SMILES string of the molecule is COC[C@@H](C)n1c(S[C@H](C)C(=O)Nc2ccc(F)c(F)c2F)nc2ccccc2c1=O. The quantitative estimate of drug-likeness (QED) is 0.332. The fourth-order valence-electron chi connectivity index (χ4n) is 2.98. The summed E-state index contributed by atoms with van der Waals surface area (Å²) < 4.78 is 47.0. The van der Waals surface area contributed by atoms with Gasteiger partial charge < -0.3 is 10.1 Å². The number of halogens is 3. The molecule has 0 saturated carbocycles. The minimum atomic E-state index is -1.67. The predicted molar refractivity (Wildman–Crippen MR) is 113 cm³/mol. The molecule has 0 aliphatic carbocycles. The van der Waals surface area contributed by atoms with Gasteiger partial charge in [-0.15, -0.1) is 0 Å². The number of para-hydroxylation sites is 1. The Morgan fingerprint density at radius 2 is 1.87 bits per heavy atom. The highest BCUT2D eigenvalue weighted by molar-refractivity contribution is 8.00. The van der Waals surface area contributed by atoms with Crippen molar-refractivity contribution in [3.05, 3.63) is 64.2 Å². The summed E-state index contributed by atoms with van der Waals surface area (Å²) in [6, 6.07) is 8.12. The molecular weight excluding hydrogens is 431 g/mol. The maximum absolute atomic E-state index is 13.9. The molecule has 0 aliphatic rings. The Kier molecular flexibility index (Phi) is 7.01. The Labute approximate surface area is 180 Å². The first kappa shape index (κ1) is 22.8. The molecule has 1 N–H and O–H groups in total. The Morgan fingerprint density at radius 3 is 2.58 bits per heavy atom. The Balaban J connectivity index is 1.93. The lowest BCUT2D eigenvalue weighted by Crippen LogP contribution is -2.30. The second-order valence-corrected chi connectivity index (χ2v) is 8.17. The van der Waals surface area contributed by atoms with Gasteiger partial charge in [-0.1, -0.05) is 23.9 Å². The summed E-state index contributed by atoms with van der Waals surface area (Å²) in [5, 5.41) is 2.12. The van der Waals surface area contributed by atoms with E-state index in [0.717, 1.165) is 23.9 Å². The molecule has 0 fully saturated rings. The van der Waals surface area contributed by atoms with Crippen molar-refractivity contribution in [2.45, 2.75) is 30.3 Å². The molecule has 0 unspecified atom stereocenters. The van der Waals surface area contributed by atoms with Crippen molar-refractivity contribution in [2.24, 2.45) is 0 Å². The lowest BCUT2D eigenvalue weighted by Gasteiger charge is -2.20. The van der Waals surface area contributed by atoms with E-state index in [1.807, 2.05) is 0 Å². The van der Waals surface area contributed by atoms with Gasteiger partial charge in [0.1, 0.15) is 0 Å². The van der Waals surface area contributed by atoms with Crippen LogP contribution < -0.4 is 10.9 Å². The molecule has 0 radical (unpaired) electrons. The number of hydrogen-bond donors (Lipinski definition) is 1. The lowest BCUT2D eigenvalue weighted by molar-refractivity contribution is -0.115. The number of aromatic nitrogens is 2. The van der Waals surface area contributed by atoms with Crippen molar-refractivity contribution in [1.29, 1.82) is 0 Å². The van der Waals surface area contributed by atoms with Gasteiger partial charge >= 0.3 is 0 Å². The summed E-state index contributed by atoms with van der Waals surface area (Å²) >= 11 is 0.988. The van der Waals surface area contributed by atoms with E-state index in [9.17, 15) is 22.8 Å². The topological polar surface area (TPSA) is 73.2 Å². The van der Waals surface area contributed by atoms with E-state index in [2.05, 4.69) is 10.3 Å². The van der Waals surface area contributed by atoms with Crippen molar-refractivity contribution in [2.75, 3.05) is 19.0 Å². The number of ether oxygens (including phenoxy) is 1. The zero-order valence-electron chi connectivity index (χ0n) is 17.0. The van der Waals surface area contributed by atoms with Crippen LogP contribution in [-0.4, -0.2) is 34.4 Å². The average molecular weight is 451 g/mol. The van der Waals surface area contributed by atoms with E-state index < -0.39 is 34.3 Å². The third-order valence-corrected chi connectivity index (χ3v) is 5.63. The minimum Gasteiger partial charge on any atom is -0.383 e. The smallest absolute Gasteiger partial charge is 0.262 e. The van der Waals surface area contributed by atoms with Crippen LogP contribution in [0.4, 0.5) is 18.9 Å². The van der Waals surface area contributed by atoms with Gasteiger partial charge in [0.05, 0.1) is 34.5 Å². The molecule has 6 nitrogen and oxygen atoms in total. The number of benzene rings is 2. The molecule has 0 spiro atoms. The van der Waals surface area contributed by atoms with Crippen LogP contribution in [0.25, 0.3) is 10.9 Å². The van der Waals surface area contributed by atoms with Gasteiger partial charge in [-0.2, -0.15) is 0 Å². The first-order valence-electron chi connectivity index (χ1n) is 9.35. The van der Waals surface area contributed by atoms with Crippen LogP contribution >= 0.6 is 11.8 Å². The molecule has 0 saturated heterocycles. The summed E-state index contributed by atoms with van der Waals surface area (Å²) in [5.74, 6) is -5.17. The Bertz CT molecular complexity index is 1190. The Hall–Kier alpha value is -2.85. The molecular formula is C21H20F3N3O3S. The highest BCUT2D eigenvalue weighted by Crippen LogP contribution is 2.27. The summed E-state index contributed by atoms with van der Waals surface area (Å²) in [5.41, 5.74) is -0.292. The van der Waals surface area contributed by atoms with Crippen LogP contribution in [0.3, 0.4) is 0 Å². The predicted octanol–water partition coefficient (Wildman–Crippen LogP) is 4.14. The van der Waals surface area contributed by atoms with Crippen LogP contribution in [0.2, 0.25) is 0 Å². The van der Waals surface area contributed by atoms with E-state index in [0.29, 0.717) is 10.9 Å². The molecule has 3 aromatic rings. The van der Waals surface area contributed by atoms with Gasteiger partial charge in [-0.3, -0.25) is 14.2 Å². The summed E-state index contributed by atoms with van der Waals surface area (Å²) in [6.07, 6.45) is 0. The number of anilines is 1. The second kappa shape index (κ2) is 9.52. The third-order valence-electron chi connectivity index (χ3n) is 4.57. The summed E-state index contributed by atoms with van der Waals surface area (Å²) in [4.78, 5) is 30.1. The van der Waals surface area contributed by atoms with Crippen LogP contribution in [-0.2, 0) is 9.53 Å². The molecule has 2 aromatic carbocycles. The molecule has 3 rings (SSSR count). The molecule has 0 aliphatic heterocycles. The number of methoxy groups -OCH3 is 1. The van der Waals surface area contributed by atoms with Gasteiger partial charge in [0, 0.05) is 7.11 Å². The van der Waals surface area contributed by atoms with Crippen molar-refractivity contribution >= 4 is 34.3 Å². The van der Waals surface area contributed by atoms with E-state index in [-0.39, 0.29) is 23.4 Å². The second-order valence-electron chi connectivity index (χ2n) is 6.86. The standard InChI is InChI=1S/C21H20F3N3O3S/c1-11(10-30-3)27-20(29)13-6-4-5-7-15(13)26-21(27)31-12(2)19(28)25-16-9-8-14(22)17(23)18(16)24/h4-9,11-12H,10H2,1-3H3,(H,25,28)/t11-,12-/m1/s1. The maximum atomic E-state index is 13.9. The van der Waals surface area contributed by atoms with E-state index in [1.165, 1.54) is 18.6 Å². The molecule has 2 atom stereocenters. The molecule has 0 bridgehead atoms. The van der Waals surface area contributed by atoms with Crippen LogP contribution in [0.15, 0.2) is 46.3 Å². The van der Waals surface area contributed by atoms with Crippen LogP contribution in [0.5, 0.6) is 0 Å². The zero-order valence-corrected chi connectivity index (χ0v) is 17.8. The normalized spacial score (nSPS) is 13.2. The first-order valence-corrected chi connectivity index (χ1v) is 10.2. The van der Waals surface area contributed by atoms with Gasteiger partial charge in [-0.25, -0.2) is 18.2 Å². The summed E-state index contributed by atoms with van der Waals surface area (Å²) in [7, 11) is 1.51. The molecule has 1 aromatic heterocycles. The van der Waals surface area contributed by atoms with E-state index in [1.54, 1.807) is 31.2 Å². The number of carbonyl (C=O) groups excluding carboxylic acids is 1. The van der Waals surface area contributed by atoms with Crippen LogP contribution in [0.1, 0.15) is 19.9 Å². The first-order chi connectivity index (χ1) is 14.7. The minimum absolute atomic E-state index is 0.244. The van der Waals surface area contributed by atoms with Gasteiger partial charge in [-0.05, 0) is 38.1 Å². The van der Waals surface area contributed by atoms with Crippen LogP contribution in [0, 0.1) is 17.5 Å². The van der Waals surface area contributed by atoms with Gasteiger partial charge in [0.2, 0.25) is 5.91 Å². The average Bonchev–Trinajstić information content (AvgIpc) is 2.74. The number of rotatable bonds is 7. The zero-order chi connectivity index (χ0) is 22.7. The Morgan fingerprint density at radius 1 is 1.16 bits per heavy atom. The van der Waals surface area contributed by atoms with E-state index in [4.69, 9.17) is 4.74 Å². The largest absolute Gasteiger partial charge is 0.383 e. The van der Waals surface area contributed by atoms with Crippen molar-refractivity contribution < 1.29 is 22.7 Å². The summed E-state index contributed by atoms with van der Waals surface area (Å²) in [6.45, 7) is 3.56. The highest BCUT2D eigenvalue weighted by atomic mass is 32.2. The highest BCUT2D eigenvalue weighted by Gasteiger charge is 2.23. The number of hydrogen-bond acceptors (Lipinski definition) is 5. The van der Waals surface area contributed by atoms with Gasteiger partial charge in [0.25, 0.3) is 5.56 Å². The maximum Gasteiger partial charge on any atom is 0.262 e.